The van der Waals surface area contributed by atoms with Crippen LogP contribution in [0, 0.1) is 6.92 Å². The Bertz CT molecular complexity index is 686. The first kappa shape index (κ1) is 13.3. The summed E-state index contributed by atoms with van der Waals surface area (Å²) in [6.45, 7) is 6.82. The molecule has 1 aliphatic heterocycles. The quantitative estimate of drug-likeness (QED) is 0.869. The van der Waals surface area contributed by atoms with Crippen LogP contribution >= 0.6 is 0 Å². The fourth-order valence-corrected chi connectivity index (χ4v) is 2.62. The first-order valence-corrected chi connectivity index (χ1v) is 7.00. The lowest BCUT2D eigenvalue weighted by Gasteiger charge is -2.24. The number of aromatic nitrogens is 2. The third kappa shape index (κ3) is 2.59. The van der Waals surface area contributed by atoms with E-state index >= 15 is 0 Å². The highest BCUT2D eigenvalue weighted by atomic mass is 16.1. The van der Waals surface area contributed by atoms with Gasteiger partial charge in [0.1, 0.15) is 5.65 Å². The van der Waals surface area contributed by atoms with Crippen molar-refractivity contribution in [3.63, 3.8) is 0 Å². The Hall–Kier alpha value is -1.72. The molecule has 2 aromatic heterocycles. The maximum atomic E-state index is 12.1. The van der Waals surface area contributed by atoms with Gasteiger partial charge in [-0.1, -0.05) is 0 Å². The van der Waals surface area contributed by atoms with E-state index in [1.165, 1.54) is 0 Å². The highest BCUT2D eigenvalue weighted by Crippen LogP contribution is 2.13. The number of aryl methyl sites for hydroxylation is 1. The summed E-state index contributed by atoms with van der Waals surface area (Å²) in [4.78, 5) is 16.6. The van der Waals surface area contributed by atoms with Gasteiger partial charge >= 0.3 is 0 Å². The van der Waals surface area contributed by atoms with E-state index in [-0.39, 0.29) is 11.1 Å². The molecule has 0 amide bonds. The first-order valence-electron chi connectivity index (χ1n) is 7.00. The lowest BCUT2D eigenvalue weighted by Crippen LogP contribution is -2.43. The molecule has 106 valence electrons. The largest absolute Gasteiger partial charge is 0.315 e. The standard InChI is InChI=1S/C15H20N4O/c1-11-3-6-19-13(7-11)18-12(8-14(19)20)9-17-15(2)4-5-16-10-15/h3,6-8,16-17H,4-5,9-10H2,1-2H3. The Kier molecular flexibility index (Phi) is 3.31. The number of hydrogen-bond donors (Lipinski definition) is 2. The van der Waals surface area contributed by atoms with Gasteiger partial charge in [0.15, 0.2) is 0 Å². The van der Waals surface area contributed by atoms with Crippen molar-refractivity contribution in [1.82, 2.24) is 20.0 Å². The van der Waals surface area contributed by atoms with Crippen LogP contribution in [0.3, 0.4) is 0 Å². The molecule has 20 heavy (non-hydrogen) atoms. The van der Waals surface area contributed by atoms with Crippen molar-refractivity contribution in [3.8, 4) is 0 Å². The van der Waals surface area contributed by atoms with Crippen LogP contribution < -0.4 is 16.2 Å². The molecule has 1 unspecified atom stereocenters. The average Bonchev–Trinajstić information content (AvgIpc) is 2.83. The van der Waals surface area contributed by atoms with Gasteiger partial charge in [0.25, 0.3) is 5.56 Å². The number of pyridine rings is 1. The van der Waals surface area contributed by atoms with Crippen molar-refractivity contribution in [2.45, 2.75) is 32.4 Å². The van der Waals surface area contributed by atoms with E-state index in [0.29, 0.717) is 12.2 Å². The number of nitrogens with one attached hydrogen (secondary N) is 2. The molecule has 0 aliphatic carbocycles. The third-order valence-corrected chi connectivity index (χ3v) is 3.94. The van der Waals surface area contributed by atoms with Gasteiger partial charge in [-0.15, -0.1) is 0 Å². The van der Waals surface area contributed by atoms with E-state index in [0.717, 1.165) is 30.8 Å². The molecule has 3 heterocycles. The smallest absolute Gasteiger partial charge is 0.258 e. The second-order valence-electron chi connectivity index (χ2n) is 5.86. The van der Waals surface area contributed by atoms with Crippen molar-refractivity contribution in [2.75, 3.05) is 13.1 Å². The van der Waals surface area contributed by atoms with Crippen molar-refractivity contribution in [3.05, 3.63) is 46.0 Å². The van der Waals surface area contributed by atoms with Crippen LogP contribution in [0.15, 0.2) is 29.2 Å². The molecule has 1 saturated heterocycles. The highest BCUT2D eigenvalue weighted by Gasteiger charge is 2.27. The van der Waals surface area contributed by atoms with Gasteiger partial charge in [-0.05, 0) is 44.5 Å². The van der Waals surface area contributed by atoms with E-state index in [4.69, 9.17) is 0 Å². The summed E-state index contributed by atoms with van der Waals surface area (Å²) in [7, 11) is 0. The minimum atomic E-state index is -0.0264. The van der Waals surface area contributed by atoms with E-state index < -0.39 is 0 Å². The van der Waals surface area contributed by atoms with E-state index in [2.05, 4.69) is 22.5 Å². The highest BCUT2D eigenvalue weighted by molar-refractivity contribution is 5.41. The lowest BCUT2D eigenvalue weighted by molar-refractivity contribution is 0.383. The summed E-state index contributed by atoms with van der Waals surface area (Å²) in [5.74, 6) is 0. The van der Waals surface area contributed by atoms with Crippen LogP contribution in [-0.2, 0) is 6.54 Å². The summed E-state index contributed by atoms with van der Waals surface area (Å²) in [6, 6.07) is 5.46. The molecule has 2 N–H and O–H groups in total. The van der Waals surface area contributed by atoms with Crippen LogP contribution in [0.1, 0.15) is 24.6 Å². The van der Waals surface area contributed by atoms with Gasteiger partial charge in [0.05, 0.1) is 5.69 Å². The summed E-state index contributed by atoms with van der Waals surface area (Å²) in [5, 5.41) is 6.86. The molecule has 5 nitrogen and oxygen atoms in total. The average molecular weight is 272 g/mol. The molecule has 0 radical (unpaired) electrons. The molecule has 0 spiro atoms. The van der Waals surface area contributed by atoms with Crippen molar-refractivity contribution < 1.29 is 0 Å². The van der Waals surface area contributed by atoms with Gasteiger partial charge in [-0.25, -0.2) is 4.98 Å². The zero-order chi connectivity index (χ0) is 14.2. The maximum Gasteiger partial charge on any atom is 0.258 e. The summed E-state index contributed by atoms with van der Waals surface area (Å²) >= 11 is 0. The molecule has 1 atom stereocenters. The first-order chi connectivity index (χ1) is 9.56. The van der Waals surface area contributed by atoms with Crippen LogP contribution in [0.4, 0.5) is 0 Å². The van der Waals surface area contributed by atoms with Gasteiger partial charge in [0, 0.05) is 30.9 Å². The van der Waals surface area contributed by atoms with Gasteiger partial charge in [-0.3, -0.25) is 9.20 Å². The zero-order valence-corrected chi connectivity index (χ0v) is 11.9. The Morgan fingerprint density at radius 3 is 3.10 bits per heavy atom. The lowest BCUT2D eigenvalue weighted by atomic mass is 10.0. The minimum Gasteiger partial charge on any atom is -0.315 e. The van der Waals surface area contributed by atoms with Crippen molar-refractivity contribution >= 4 is 5.65 Å². The molecular formula is C15H20N4O. The van der Waals surface area contributed by atoms with Gasteiger partial charge in [0.2, 0.25) is 0 Å². The molecular weight excluding hydrogens is 252 g/mol. The Morgan fingerprint density at radius 1 is 1.50 bits per heavy atom. The SMILES string of the molecule is Cc1ccn2c(=O)cc(CNC3(C)CCNC3)nc2c1. The Labute approximate surface area is 118 Å². The van der Waals surface area contributed by atoms with Crippen LogP contribution in [0.2, 0.25) is 0 Å². The molecule has 1 fully saturated rings. The summed E-state index contributed by atoms with van der Waals surface area (Å²) in [5.41, 5.74) is 2.69. The maximum absolute atomic E-state index is 12.1. The van der Waals surface area contributed by atoms with Crippen LogP contribution in [0.25, 0.3) is 5.65 Å². The molecule has 2 aromatic rings. The van der Waals surface area contributed by atoms with E-state index in [1.54, 1.807) is 16.7 Å². The fourth-order valence-electron chi connectivity index (χ4n) is 2.62. The number of fused-ring (bicyclic) bond motifs is 1. The molecule has 0 bridgehead atoms. The topological polar surface area (TPSA) is 58.4 Å². The fraction of sp³-hybridized carbons (Fsp3) is 0.467. The molecule has 5 heteroatoms. The number of hydrogen-bond acceptors (Lipinski definition) is 4. The molecule has 0 aromatic carbocycles. The second-order valence-corrected chi connectivity index (χ2v) is 5.86. The van der Waals surface area contributed by atoms with E-state index in [9.17, 15) is 4.79 Å². The predicted octanol–water partition coefficient (Wildman–Crippen LogP) is 0.845. The second kappa shape index (κ2) is 5.00. The van der Waals surface area contributed by atoms with Gasteiger partial charge in [-0.2, -0.15) is 0 Å². The Morgan fingerprint density at radius 2 is 2.35 bits per heavy atom. The summed E-state index contributed by atoms with van der Waals surface area (Å²) in [6.07, 6.45) is 2.87. The van der Waals surface area contributed by atoms with Gasteiger partial charge < -0.3 is 10.6 Å². The molecule has 1 aliphatic rings. The predicted molar refractivity (Wildman–Crippen MR) is 78.9 cm³/mol. The normalized spacial score (nSPS) is 22.5. The Balaban J connectivity index is 1.86. The van der Waals surface area contributed by atoms with E-state index in [1.807, 2.05) is 19.1 Å². The third-order valence-electron chi connectivity index (χ3n) is 3.94. The van der Waals surface area contributed by atoms with Crippen LogP contribution in [-0.4, -0.2) is 28.0 Å². The monoisotopic (exact) mass is 272 g/mol. The zero-order valence-electron chi connectivity index (χ0n) is 11.9. The van der Waals surface area contributed by atoms with Crippen molar-refractivity contribution in [1.29, 1.82) is 0 Å². The van der Waals surface area contributed by atoms with Crippen LogP contribution in [0.5, 0.6) is 0 Å². The number of rotatable bonds is 3. The minimum absolute atomic E-state index is 0.0264. The molecule has 0 saturated carbocycles. The molecule has 3 rings (SSSR count). The summed E-state index contributed by atoms with van der Waals surface area (Å²) < 4.78 is 1.58. The van der Waals surface area contributed by atoms with Crippen molar-refractivity contribution in [2.24, 2.45) is 0 Å². The number of nitrogens with zero attached hydrogens (tertiary/aromatic N) is 2.